The van der Waals surface area contributed by atoms with Crippen LogP contribution in [0, 0.1) is 0 Å². The van der Waals surface area contributed by atoms with Crippen LogP contribution in [-0.2, 0) is 11.2 Å². The third-order valence-electron chi connectivity index (χ3n) is 3.32. The Morgan fingerprint density at radius 3 is 2.37 bits per heavy atom. The van der Waals surface area contributed by atoms with E-state index < -0.39 is 5.97 Å². The molecule has 3 nitrogen and oxygen atoms in total. The van der Waals surface area contributed by atoms with E-state index in [-0.39, 0.29) is 6.42 Å². The minimum Gasteiger partial charge on any atom is -0.481 e. The van der Waals surface area contributed by atoms with Crippen LogP contribution in [0.15, 0.2) is 24.3 Å². The predicted octanol–water partition coefficient (Wildman–Crippen LogP) is 3.72. The molecule has 0 radical (unpaired) electrons. The van der Waals surface area contributed by atoms with Gasteiger partial charge in [0.05, 0.1) is 0 Å². The summed E-state index contributed by atoms with van der Waals surface area (Å²) in [5.74, 6) is -0.717. The van der Waals surface area contributed by atoms with Crippen molar-refractivity contribution in [2.45, 2.75) is 46.0 Å². The first-order chi connectivity index (χ1) is 9.17. The standard InChI is InChI=1S/C16H25NO2/c1-3-5-7-14-9-11-15(12-10-14)17(4-2)13-6-8-16(18)19/h9-12H,3-8,13H2,1-2H3,(H,18,19). The molecular weight excluding hydrogens is 238 g/mol. The Morgan fingerprint density at radius 2 is 1.84 bits per heavy atom. The number of benzene rings is 1. The second-order valence-corrected chi connectivity index (χ2v) is 4.85. The number of nitrogens with zero attached hydrogens (tertiary/aromatic N) is 1. The summed E-state index contributed by atoms with van der Waals surface area (Å²) >= 11 is 0. The van der Waals surface area contributed by atoms with E-state index in [9.17, 15) is 4.79 Å². The maximum atomic E-state index is 10.5. The van der Waals surface area contributed by atoms with Crippen LogP contribution in [0.5, 0.6) is 0 Å². The minimum atomic E-state index is -0.717. The lowest BCUT2D eigenvalue weighted by Gasteiger charge is -2.23. The molecule has 0 bridgehead atoms. The first-order valence-corrected chi connectivity index (χ1v) is 7.23. The average Bonchev–Trinajstić information content (AvgIpc) is 2.42. The fourth-order valence-electron chi connectivity index (χ4n) is 2.15. The monoisotopic (exact) mass is 263 g/mol. The zero-order valence-electron chi connectivity index (χ0n) is 12.1. The average molecular weight is 263 g/mol. The topological polar surface area (TPSA) is 40.5 Å². The van der Waals surface area contributed by atoms with E-state index in [2.05, 4.69) is 43.0 Å². The summed E-state index contributed by atoms with van der Waals surface area (Å²) in [7, 11) is 0. The quantitative estimate of drug-likeness (QED) is 0.738. The largest absolute Gasteiger partial charge is 0.481 e. The van der Waals surface area contributed by atoms with Crippen molar-refractivity contribution in [2.75, 3.05) is 18.0 Å². The smallest absolute Gasteiger partial charge is 0.303 e. The predicted molar refractivity (Wildman–Crippen MR) is 79.8 cm³/mol. The van der Waals surface area contributed by atoms with Crippen molar-refractivity contribution in [3.63, 3.8) is 0 Å². The molecule has 0 aromatic heterocycles. The summed E-state index contributed by atoms with van der Waals surface area (Å²) in [5, 5.41) is 8.67. The molecule has 0 aliphatic rings. The SMILES string of the molecule is CCCCc1ccc(N(CC)CCCC(=O)O)cc1. The van der Waals surface area contributed by atoms with E-state index in [1.165, 1.54) is 24.1 Å². The highest BCUT2D eigenvalue weighted by molar-refractivity contribution is 5.66. The van der Waals surface area contributed by atoms with E-state index in [1.807, 2.05) is 0 Å². The Labute approximate surface area is 116 Å². The summed E-state index contributed by atoms with van der Waals surface area (Å²) in [4.78, 5) is 12.8. The van der Waals surface area contributed by atoms with Gasteiger partial charge in [-0.1, -0.05) is 25.5 Å². The van der Waals surface area contributed by atoms with E-state index in [4.69, 9.17) is 5.11 Å². The molecule has 3 heteroatoms. The lowest BCUT2D eigenvalue weighted by atomic mass is 10.1. The summed E-state index contributed by atoms with van der Waals surface area (Å²) in [6, 6.07) is 8.67. The molecule has 1 N–H and O–H groups in total. The molecule has 0 spiro atoms. The molecule has 1 rings (SSSR count). The maximum Gasteiger partial charge on any atom is 0.303 e. The Kier molecular flexibility index (Phi) is 7.01. The highest BCUT2D eigenvalue weighted by atomic mass is 16.4. The molecule has 0 amide bonds. The molecular formula is C16H25NO2. The Bertz CT molecular complexity index is 373. The van der Waals surface area contributed by atoms with Gasteiger partial charge in [0, 0.05) is 25.2 Å². The molecule has 106 valence electrons. The Balaban J connectivity index is 2.53. The van der Waals surface area contributed by atoms with Gasteiger partial charge >= 0.3 is 5.97 Å². The lowest BCUT2D eigenvalue weighted by molar-refractivity contribution is -0.137. The van der Waals surface area contributed by atoms with Crippen LogP contribution < -0.4 is 4.90 Å². The minimum absolute atomic E-state index is 0.241. The number of carboxylic acids is 1. The van der Waals surface area contributed by atoms with Crippen LogP contribution in [0.25, 0.3) is 0 Å². The molecule has 1 aromatic rings. The van der Waals surface area contributed by atoms with Gasteiger partial charge in [0.25, 0.3) is 0 Å². The molecule has 0 saturated heterocycles. The summed E-state index contributed by atoms with van der Waals surface area (Å²) in [5.41, 5.74) is 2.57. The van der Waals surface area contributed by atoms with Gasteiger partial charge in [-0.25, -0.2) is 0 Å². The molecule has 0 aliphatic carbocycles. The number of carbonyl (C=O) groups is 1. The van der Waals surface area contributed by atoms with Crippen molar-refractivity contribution in [3.8, 4) is 0 Å². The van der Waals surface area contributed by atoms with Crippen molar-refractivity contribution in [1.82, 2.24) is 0 Å². The fourth-order valence-corrected chi connectivity index (χ4v) is 2.15. The number of aliphatic carboxylic acids is 1. The molecule has 0 fully saturated rings. The number of hydrogen-bond acceptors (Lipinski definition) is 2. The molecule has 1 aromatic carbocycles. The van der Waals surface area contributed by atoms with Gasteiger partial charge in [0.1, 0.15) is 0 Å². The number of rotatable bonds is 9. The number of unbranched alkanes of at least 4 members (excludes halogenated alkanes) is 1. The van der Waals surface area contributed by atoms with E-state index in [0.29, 0.717) is 6.42 Å². The summed E-state index contributed by atoms with van der Waals surface area (Å²) < 4.78 is 0. The fraction of sp³-hybridized carbons (Fsp3) is 0.562. The normalized spacial score (nSPS) is 10.4. The van der Waals surface area contributed by atoms with Crippen LogP contribution in [0.1, 0.15) is 45.1 Å². The third kappa shape index (κ3) is 5.77. The van der Waals surface area contributed by atoms with Crippen molar-refractivity contribution in [2.24, 2.45) is 0 Å². The molecule has 0 heterocycles. The molecule has 0 unspecified atom stereocenters. The molecule has 0 saturated carbocycles. The summed E-state index contributed by atoms with van der Waals surface area (Å²) in [6.07, 6.45) is 4.53. The van der Waals surface area contributed by atoms with Crippen molar-refractivity contribution >= 4 is 11.7 Å². The van der Waals surface area contributed by atoms with Gasteiger partial charge in [-0.05, 0) is 43.9 Å². The van der Waals surface area contributed by atoms with Crippen LogP contribution in [-0.4, -0.2) is 24.2 Å². The van der Waals surface area contributed by atoms with Gasteiger partial charge in [-0.15, -0.1) is 0 Å². The van der Waals surface area contributed by atoms with Gasteiger partial charge in [0.15, 0.2) is 0 Å². The van der Waals surface area contributed by atoms with Crippen molar-refractivity contribution in [3.05, 3.63) is 29.8 Å². The van der Waals surface area contributed by atoms with Crippen LogP contribution in [0.3, 0.4) is 0 Å². The highest BCUT2D eigenvalue weighted by Crippen LogP contribution is 2.17. The second kappa shape index (κ2) is 8.57. The highest BCUT2D eigenvalue weighted by Gasteiger charge is 2.05. The first kappa shape index (κ1) is 15.5. The second-order valence-electron chi connectivity index (χ2n) is 4.85. The maximum absolute atomic E-state index is 10.5. The van der Waals surface area contributed by atoms with Crippen molar-refractivity contribution < 1.29 is 9.90 Å². The van der Waals surface area contributed by atoms with Crippen LogP contribution >= 0.6 is 0 Å². The summed E-state index contributed by atoms with van der Waals surface area (Å²) in [6.45, 7) is 6.02. The van der Waals surface area contributed by atoms with Gasteiger partial charge in [-0.3, -0.25) is 4.79 Å². The van der Waals surface area contributed by atoms with Crippen LogP contribution in [0.4, 0.5) is 5.69 Å². The van der Waals surface area contributed by atoms with E-state index in [0.717, 1.165) is 19.5 Å². The lowest BCUT2D eigenvalue weighted by Crippen LogP contribution is -2.24. The number of aryl methyl sites for hydroxylation is 1. The third-order valence-corrected chi connectivity index (χ3v) is 3.32. The molecule has 19 heavy (non-hydrogen) atoms. The van der Waals surface area contributed by atoms with Crippen LogP contribution in [0.2, 0.25) is 0 Å². The zero-order chi connectivity index (χ0) is 14.1. The molecule has 0 atom stereocenters. The number of anilines is 1. The Morgan fingerprint density at radius 1 is 1.16 bits per heavy atom. The van der Waals surface area contributed by atoms with E-state index in [1.54, 1.807) is 0 Å². The number of hydrogen-bond donors (Lipinski definition) is 1. The van der Waals surface area contributed by atoms with Gasteiger partial charge < -0.3 is 10.0 Å². The van der Waals surface area contributed by atoms with Crippen molar-refractivity contribution in [1.29, 1.82) is 0 Å². The first-order valence-electron chi connectivity index (χ1n) is 7.23. The van der Waals surface area contributed by atoms with E-state index >= 15 is 0 Å². The molecule has 0 aliphatic heterocycles. The van der Waals surface area contributed by atoms with Gasteiger partial charge in [0.2, 0.25) is 0 Å². The Hall–Kier alpha value is -1.51. The number of carboxylic acid groups (broad SMARTS) is 1. The zero-order valence-corrected chi connectivity index (χ0v) is 12.1. The van der Waals surface area contributed by atoms with Gasteiger partial charge in [-0.2, -0.15) is 0 Å².